The molecule has 8 heteroatoms. The zero-order valence-corrected chi connectivity index (χ0v) is 15.9. The van der Waals surface area contributed by atoms with Crippen LogP contribution in [-0.4, -0.2) is 49.7 Å². The highest BCUT2D eigenvalue weighted by atomic mass is 16.5. The molecule has 8 nitrogen and oxygen atoms in total. The molecule has 0 spiro atoms. The van der Waals surface area contributed by atoms with Crippen molar-refractivity contribution in [1.82, 2.24) is 9.88 Å². The summed E-state index contributed by atoms with van der Waals surface area (Å²) in [7, 11) is 4.76. The van der Waals surface area contributed by atoms with Gasteiger partial charge < -0.3 is 25.0 Å². The topological polar surface area (TPSA) is 92.8 Å². The molecule has 27 heavy (non-hydrogen) atoms. The molecule has 2 rings (SSSR count). The summed E-state index contributed by atoms with van der Waals surface area (Å²) < 4.78 is 10.5. The normalized spacial score (nSPS) is 11.4. The lowest BCUT2D eigenvalue weighted by atomic mass is 10.2. The van der Waals surface area contributed by atoms with Gasteiger partial charge in [0.1, 0.15) is 5.75 Å². The Morgan fingerprint density at radius 3 is 2.56 bits per heavy atom. The van der Waals surface area contributed by atoms with E-state index < -0.39 is 0 Å². The lowest BCUT2D eigenvalue weighted by Crippen LogP contribution is -2.37. The van der Waals surface area contributed by atoms with Gasteiger partial charge in [-0.2, -0.15) is 0 Å². The molecule has 2 N–H and O–H groups in total. The van der Waals surface area contributed by atoms with Gasteiger partial charge in [0.15, 0.2) is 0 Å². The van der Waals surface area contributed by atoms with Gasteiger partial charge in [0.25, 0.3) is 0 Å². The number of rotatable bonds is 7. The summed E-state index contributed by atoms with van der Waals surface area (Å²) in [6, 6.07) is 9.85. The fourth-order valence-corrected chi connectivity index (χ4v) is 2.55. The summed E-state index contributed by atoms with van der Waals surface area (Å²) in [6.07, 6.45) is 1.67. The largest absolute Gasteiger partial charge is 0.495 e. The maximum Gasteiger partial charge on any atom is 0.322 e. The minimum absolute atomic E-state index is 0.232. The third kappa shape index (κ3) is 5.42. The van der Waals surface area contributed by atoms with E-state index in [2.05, 4.69) is 15.6 Å². The predicted octanol–water partition coefficient (Wildman–Crippen LogP) is 2.90. The first-order valence-corrected chi connectivity index (χ1v) is 8.35. The van der Waals surface area contributed by atoms with Gasteiger partial charge in [-0.3, -0.25) is 9.78 Å². The summed E-state index contributed by atoms with van der Waals surface area (Å²) in [6.45, 7) is 1.71. The van der Waals surface area contributed by atoms with Crippen LogP contribution in [0.2, 0.25) is 0 Å². The molecule has 0 unspecified atom stereocenters. The molecule has 0 fully saturated rings. The molecule has 2 aromatic rings. The Kier molecular flexibility index (Phi) is 7.13. The second kappa shape index (κ2) is 9.54. The lowest BCUT2D eigenvalue weighted by molar-refractivity contribution is -0.114. The molecule has 1 aromatic carbocycles. The number of hydrogen-bond acceptors (Lipinski definition) is 5. The Hall–Kier alpha value is -3.13. The number of methoxy groups -OCH3 is 2. The maximum atomic E-state index is 12.7. The number of carbonyl (C=O) groups is 2. The number of benzene rings is 1. The van der Waals surface area contributed by atoms with Gasteiger partial charge in [-0.05, 0) is 30.3 Å². The summed E-state index contributed by atoms with van der Waals surface area (Å²) in [5.41, 5.74) is 1.72. The number of ether oxygens (including phenoxy) is 2. The van der Waals surface area contributed by atoms with E-state index in [1.165, 1.54) is 18.9 Å². The molecule has 0 radical (unpaired) electrons. The van der Waals surface area contributed by atoms with Crippen LogP contribution in [0.3, 0.4) is 0 Å². The number of nitrogens with one attached hydrogen (secondary N) is 2. The number of anilines is 2. The molecule has 1 atom stereocenters. The molecule has 0 bridgehead atoms. The van der Waals surface area contributed by atoms with Crippen molar-refractivity contribution in [2.24, 2.45) is 0 Å². The first-order valence-electron chi connectivity index (χ1n) is 8.35. The maximum absolute atomic E-state index is 12.7. The Morgan fingerprint density at radius 1 is 1.19 bits per heavy atom. The minimum Gasteiger partial charge on any atom is -0.495 e. The van der Waals surface area contributed by atoms with E-state index in [4.69, 9.17) is 9.47 Å². The van der Waals surface area contributed by atoms with Crippen LogP contribution in [0.4, 0.5) is 16.2 Å². The number of nitrogens with zero attached hydrogens (tertiary/aromatic N) is 2. The second-order valence-electron chi connectivity index (χ2n) is 5.86. The molecule has 0 aliphatic rings. The highest BCUT2D eigenvalue weighted by Crippen LogP contribution is 2.28. The lowest BCUT2D eigenvalue weighted by Gasteiger charge is -2.27. The Bertz CT molecular complexity index is 783. The van der Waals surface area contributed by atoms with Gasteiger partial charge in [0, 0.05) is 33.0 Å². The van der Waals surface area contributed by atoms with Crippen molar-refractivity contribution in [3.8, 4) is 5.75 Å². The number of pyridine rings is 1. The smallest absolute Gasteiger partial charge is 0.322 e. The van der Waals surface area contributed by atoms with Crippen molar-refractivity contribution >= 4 is 23.3 Å². The van der Waals surface area contributed by atoms with Crippen LogP contribution in [0.25, 0.3) is 0 Å². The molecule has 1 heterocycles. The van der Waals surface area contributed by atoms with Crippen molar-refractivity contribution in [3.05, 3.63) is 48.3 Å². The summed E-state index contributed by atoms with van der Waals surface area (Å²) in [4.78, 5) is 29.9. The monoisotopic (exact) mass is 372 g/mol. The molecule has 0 aliphatic carbocycles. The zero-order chi connectivity index (χ0) is 19.8. The molecule has 0 saturated heterocycles. The third-order valence-electron chi connectivity index (χ3n) is 3.90. The molecule has 1 aromatic heterocycles. The average molecular weight is 372 g/mol. The van der Waals surface area contributed by atoms with Crippen LogP contribution in [0.15, 0.2) is 42.6 Å². The van der Waals surface area contributed by atoms with Crippen LogP contribution >= 0.6 is 0 Å². The van der Waals surface area contributed by atoms with Crippen LogP contribution in [0.1, 0.15) is 18.7 Å². The number of amides is 3. The van der Waals surface area contributed by atoms with Gasteiger partial charge in [0.05, 0.1) is 31.1 Å². The Balaban J connectivity index is 2.18. The standard InChI is InChI=1S/C19H24N4O4/c1-13(24)21-16-11-14(8-9-18(16)27-4)22-19(25)23(2)17(12-26-3)15-7-5-6-10-20-15/h5-11,17H,12H2,1-4H3,(H,21,24)(H,22,25)/t17-/m1/s1. The number of likely N-dealkylation sites (N-methyl/N-ethyl adjacent to an activating group) is 1. The van der Waals surface area contributed by atoms with Crippen LogP contribution in [-0.2, 0) is 9.53 Å². The van der Waals surface area contributed by atoms with Crippen molar-refractivity contribution < 1.29 is 19.1 Å². The fourth-order valence-electron chi connectivity index (χ4n) is 2.55. The van der Waals surface area contributed by atoms with E-state index >= 15 is 0 Å². The van der Waals surface area contributed by atoms with Crippen LogP contribution in [0, 0.1) is 0 Å². The molecule has 0 aliphatic heterocycles. The Labute approximate surface area is 158 Å². The van der Waals surface area contributed by atoms with Crippen molar-refractivity contribution in [2.45, 2.75) is 13.0 Å². The van der Waals surface area contributed by atoms with E-state index in [1.54, 1.807) is 38.6 Å². The van der Waals surface area contributed by atoms with Gasteiger partial charge >= 0.3 is 6.03 Å². The van der Waals surface area contributed by atoms with Gasteiger partial charge in [0.2, 0.25) is 5.91 Å². The third-order valence-corrected chi connectivity index (χ3v) is 3.90. The quantitative estimate of drug-likeness (QED) is 0.780. The minimum atomic E-state index is -0.343. The molecule has 0 saturated carbocycles. The summed E-state index contributed by atoms with van der Waals surface area (Å²) in [5, 5.41) is 5.49. The van der Waals surface area contributed by atoms with E-state index in [-0.39, 0.29) is 18.0 Å². The van der Waals surface area contributed by atoms with Gasteiger partial charge in [-0.1, -0.05) is 6.07 Å². The van der Waals surface area contributed by atoms with E-state index in [9.17, 15) is 9.59 Å². The number of carbonyl (C=O) groups excluding carboxylic acids is 2. The Morgan fingerprint density at radius 2 is 1.96 bits per heavy atom. The highest BCUT2D eigenvalue weighted by molar-refractivity contribution is 5.94. The first-order chi connectivity index (χ1) is 13.0. The summed E-state index contributed by atoms with van der Waals surface area (Å²) in [5.74, 6) is 0.270. The number of urea groups is 1. The van der Waals surface area contributed by atoms with Crippen molar-refractivity contribution in [1.29, 1.82) is 0 Å². The van der Waals surface area contributed by atoms with Gasteiger partial charge in [-0.25, -0.2) is 4.79 Å². The second-order valence-corrected chi connectivity index (χ2v) is 5.86. The molecule has 144 valence electrons. The molecular formula is C19H24N4O4. The first kappa shape index (κ1) is 20.2. The summed E-state index contributed by atoms with van der Waals surface area (Å²) >= 11 is 0. The number of hydrogen-bond donors (Lipinski definition) is 2. The number of aromatic nitrogens is 1. The predicted molar refractivity (Wildman–Crippen MR) is 103 cm³/mol. The SMILES string of the molecule is COC[C@H](c1ccccn1)N(C)C(=O)Nc1ccc(OC)c(NC(C)=O)c1. The zero-order valence-electron chi connectivity index (χ0n) is 15.9. The van der Waals surface area contributed by atoms with Gasteiger partial charge in [-0.15, -0.1) is 0 Å². The van der Waals surface area contributed by atoms with Crippen molar-refractivity contribution in [2.75, 3.05) is 38.5 Å². The van der Waals surface area contributed by atoms with Crippen LogP contribution < -0.4 is 15.4 Å². The average Bonchev–Trinajstić information content (AvgIpc) is 2.66. The van der Waals surface area contributed by atoms with E-state index in [1.807, 2.05) is 18.2 Å². The van der Waals surface area contributed by atoms with E-state index in [0.717, 1.165) is 5.69 Å². The van der Waals surface area contributed by atoms with Crippen LogP contribution in [0.5, 0.6) is 5.75 Å². The van der Waals surface area contributed by atoms with E-state index in [0.29, 0.717) is 23.7 Å². The molecule has 3 amide bonds. The molecular weight excluding hydrogens is 348 g/mol. The van der Waals surface area contributed by atoms with Crippen molar-refractivity contribution in [3.63, 3.8) is 0 Å². The highest BCUT2D eigenvalue weighted by Gasteiger charge is 2.23. The fraction of sp³-hybridized carbons (Fsp3) is 0.316.